The van der Waals surface area contributed by atoms with Crippen LogP contribution in [0.15, 0.2) is 47.2 Å². The Labute approximate surface area is 152 Å². The van der Waals surface area contributed by atoms with Crippen LogP contribution < -0.4 is 5.32 Å². The van der Waals surface area contributed by atoms with E-state index in [0.29, 0.717) is 13.0 Å². The predicted octanol–water partition coefficient (Wildman–Crippen LogP) is 1.86. The van der Waals surface area contributed by atoms with Gasteiger partial charge in [-0.2, -0.15) is 11.3 Å². The Bertz CT molecular complexity index is 680. The molecule has 0 radical (unpaired) electrons. The molecule has 132 valence electrons. The molecule has 1 aromatic heterocycles. The van der Waals surface area contributed by atoms with Crippen molar-refractivity contribution in [3.05, 3.63) is 58.3 Å². The number of thiophene rings is 1. The molecule has 1 saturated heterocycles. The normalized spacial score (nSPS) is 15.1. The van der Waals surface area contributed by atoms with Gasteiger partial charge in [0.25, 0.3) is 5.91 Å². The van der Waals surface area contributed by atoms with Gasteiger partial charge in [0.1, 0.15) is 0 Å². The Morgan fingerprint density at radius 3 is 2.48 bits per heavy atom. The summed E-state index contributed by atoms with van der Waals surface area (Å²) in [6.45, 7) is 4.65. The minimum atomic E-state index is 0.0532. The monoisotopic (exact) mass is 357 g/mol. The lowest BCUT2D eigenvalue weighted by Gasteiger charge is -2.34. The summed E-state index contributed by atoms with van der Waals surface area (Å²) in [4.78, 5) is 28.4. The van der Waals surface area contributed by atoms with Crippen LogP contribution in [0.4, 0.5) is 0 Å². The molecule has 1 fully saturated rings. The number of nitrogens with one attached hydrogen (secondary N) is 1. The number of piperazine rings is 1. The van der Waals surface area contributed by atoms with E-state index in [1.54, 1.807) is 11.3 Å². The first-order chi connectivity index (χ1) is 12.2. The Hall–Kier alpha value is -2.18. The highest BCUT2D eigenvalue weighted by atomic mass is 32.1. The molecule has 1 N–H and O–H groups in total. The average molecular weight is 357 g/mol. The van der Waals surface area contributed by atoms with Crippen molar-refractivity contribution in [2.45, 2.75) is 6.42 Å². The van der Waals surface area contributed by atoms with E-state index in [4.69, 9.17) is 0 Å². The molecular formula is C19H23N3O2S. The van der Waals surface area contributed by atoms with Crippen LogP contribution in [0.1, 0.15) is 15.9 Å². The fourth-order valence-electron chi connectivity index (χ4n) is 2.94. The molecule has 0 bridgehead atoms. The lowest BCUT2D eigenvalue weighted by Crippen LogP contribution is -2.50. The smallest absolute Gasteiger partial charge is 0.254 e. The highest BCUT2D eigenvalue weighted by Gasteiger charge is 2.22. The van der Waals surface area contributed by atoms with E-state index in [0.717, 1.165) is 43.9 Å². The molecule has 1 aromatic carbocycles. The highest BCUT2D eigenvalue weighted by molar-refractivity contribution is 7.08. The fourth-order valence-corrected chi connectivity index (χ4v) is 3.57. The third kappa shape index (κ3) is 5.14. The van der Waals surface area contributed by atoms with Gasteiger partial charge in [0, 0.05) is 44.6 Å². The first-order valence-corrected chi connectivity index (χ1v) is 9.51. The van der Waals surface area contributed by atoms with E-state index in [1.807, 2.05) is 52.1 Å². The van der Waals surface area contributed by atoms with Crippen molar-refractivity contribution in [2.24, 2.45) is 0 Å². The zero-order valence-electron chi connectivity index (χ0n) is 14.2. The number of carbonyl (C=O) groups excluding carboxylic acids is 2. The Morgan fingerprint density at radius 2 is 1.80 bits per heavy atom. The maximum atomic E-state index is 12.3. The molecule has 2 heterocycles. The van der Waals surface area contributed by atoms with E-state index < -0.39 is 0 Å². The third-order valence-corrected chi connectivity index (χ3v) is 5.07. The number of amides is 2. The van der Waals surface area contributed by atoms with Crippen LogP contribution >= 0.6 is 11.3 Å². The van der Waals surface area contributed by atoms with Gasteiger partial charge in [0.05, 0.1) is 12.0 Å². The number of carbonyl (C=O) groups is 2. The number of hydrogen-bond acceptors (Lipinski definition) is 4. The zero-order valence-corrected chi connectivity index (χ0v) is 15.0. The molecule has 0 spiro atoms. The van der Waals surface area contributed by atoms with E-state index >= 15 is 0 Å². The number of benzene rings is 1. The molecule has 6 heteroatoms. The molecule has 0 saturated carbocycles. The van der Waals surface area contributed by atoms with Crippen molar-refractivity contribution in [1.82, 2.24) is 15.1 Å². The van der Waals surface area contributed by atoms with Crippen molar-refractivity contribution in [1.29, 1.82) is 0 Å². The van der Waals surface area contributed by atoms with Gasteiger partial charge in [-0.1, -0.05) is 30.3 Å². The van der Waals surface area contributed by atoms with Crippen LogP contribution in [-0.4, -0.2) is 60.9 Å². The van der Waals surface area contributed by atoms with Crippen molar-refractivity contribution < 1.29 is 9.59 Å². The second kappa shape index (κ2) is 8.78. The van der Waals surface area contributed by atoms with Gasteiger partial charge in [0.15, 0.2) is 0 Å². The molecule has 3 rings (SSSR count). The molecule has 0 unspecified atom stereocenters. The Kier molecular flexibility index (Phi) is 6.19. The third-order valence-electron chi connectivity index (χ3n) is 4.39. The van der Waals surface area contributed by atoms with Crippen LogP contribution in [0.3, 0.4) is 0 Å². The van der Waals surface area contributed by atoms with Crippen LogP contribution in [0.2, 0.25) is 0 Å². The fraction of sp³-hybridized carbons (Fsp3) is 0.368. The predicted molar refractivity (Wildman–Crippen MR) is 99.8 cm³/mol. The maximum absolute atomic E-state index is 12.3. The molecular weight excluding hydrogens is 334 g/mol. The quantitative estimate of drug-likeness (QED) is 0.859. The second-order valence-electron chi connectivity index (χ2n) is 6.16. The van der Waals surface area contributed by atoms with Crippen LogP contribution in [0, 0.1) is 0 Å². The lowest BCUT2D eigenvalue weighted by molar-refractivity contribution is -0.120. The molecule has 25 heavy (non-hydrogen) atoms. The minimum Gasteiger partial charge on any atom is -0.355 e. The van der Waals surface area contributed by atoms with E-state index in [9.17, 15) is 9.59 Å². The summed E-state index contributed by atoms with van der Waals surface area (Å²) in [5.41, 5.74) is 1.81. The highest BCUT2D eigenvalue weighted by Crippen LogP contribution is 2.11. The summed E-state index contributed by atoms with van der Waals surface area (Å²) in [5, 5.41) is 6.81. The average Bonchev–Trinajstić information content (AvgIpc) is 3.17. The largest absolute Gasteiger partial charge is 0.355 e. The maximum Gasteiger partial charge on any atom is 0.254 e. The van der Waals surface area contributed by atoms with Gasteiger partial charge in [-0.05, 0) is 17.0 Å². The Balaban J connectivity index is 1.34. The van der Waals surface area contributed by atoms with E-state index in [1.165, 1.54) is 0 Å². The van der Waals surface area contributed by atoms with Gasteiger partial charge in [-0.3, -0.25) is 14.5 Å². The number of rotatable bonds is 6. The van der Waals surface area contributed by atoms with Crippen molar-refractivity contribution in [3.63, 3.8) is 0 Å². The molecule has 1 aliphatic rings. The number of nitrogens with zero attached hydrogens (tertiary/aromatic N) is 2. The summed E-state index contributed by atoms with van der Waals surface area (Å²) in [6.07, 6.45) is 0.420. The topological polar surface area (TPSA) is 52.7 Å². The van der Waals surface area contributed by atoms with Crippen molar-refractivity contribution in [3.8, 4) is 0 Å². The van der Waals surface area contributed by atoms with Gasteiger partial charge in [-0.25, -0.2) is 0 Å². The van der Waals surface area contributed by atoms with Crippen molar-refractivity contribution >= 4 is 23.2 Å². The van der Waals surface area contributed by atoms with Crippen LogP contribution in [0.5, 0.6) is 0 Å². The zero-order chi connectivity index (χ0) is 17.5. The summed E-state index contributed by atoms with van der Waals surface area (Å²) in [5.74, 6) is 0.175. The van der Waals surface area contributed by atoms with Gasteiger partial charge in [0.2, 0.25) is 5.91 Å². The molecule has 0 aliphatic carbocycles. The van der Waals surface area contributed by atoms with Crippen LogP contribution in [0.25, 0.3) is 0 Å². The summed E-state index contributed by atoms with van der Waals surface area (Å²) < 4.78 is 0. The van der Waals surface area contributed by atoms with Gasteiger partial charge in [-0.15, -0.1) is 0 Å². The summed E-state index contributed by atoms with van der Waals surface area (Å²) in [7, 11) is 0. The molecule has 2 amide bonds. The second-order valence-corrected chi connectivity index (χ2v) is 6.94. The molecule has 5 nitrogen and oxygen atoms in total. The first kappa shape index (κ1) is 17.6. The van der Waals surface area contributed by atoms with Crippen molar-refractivity contribution in [2.75, 3.05) is 39.3 Å². The SMILES string of the molecule is O=C(Cc1ccccc1)NCCN1CCN(C(=O)c2ccsc2)CC1. The van der Waals surface area contributed by atoms with E-state index in [2.05, 4.69) is 10.2 Å². The van der Waals surface area contributed by atoms with Crippen LogP contribution in [-0.2, 0) is 11.2 Å². The van der Waals surface area contributed by atoms with Gasteiger partial charge < -0.3 is 10.2 Å². The van der Waals surface area contributed by atoms with E-state index in [-0.39, 0.29) is 11.8 Å². The standard InChI is InChI=1S/C19H23N3O2S/c23-18(14-16-4-2-1-3-5-16)20-7-8-21-9-11-22(12-10-21)19(24)17-6-13-25-15-17/h1-6,13,15H,7-12,14H2,(H,20,23). The first-order valence-electron chi connectivity index (χ1n) is 8.57. The lowest BCUT2D eigenvalue weighted by atomic mass is 10.1. The molecule has 2 aromatic rings. The minimum absolute atomic E-state index is 0.0532. The Morgan fingerprint density at radius 1 is 1.04 bits per heavy atom. The number of hydrogen-bond donors (Lipinski definition) is 1. The summed E-state index contributed by atoms with van der Waals surface area (Å²) >= 11 is 1.55. The summed E-state index contributed by atoms with van der Waals surface area (Å²) in [6, 6.07) is 11.6. The van der Waals surface area contributed by atoms with Gasteiger partial charge >= 0.3 is 0 Å². The molecule has 1 aliphatic heterocycles. The molecule has 0 atom stereocenters.